The molecule has 1 aromatic heterocycles. The Morgan fingerprint density at radius 1 is 1.22 bits per heavy atom. The SMILES string of the molecule is O=C(Nc1ccc(O)c(C(=O)O)c1)c1cccs1. The van der Waals surface area contributed by atoms with Gasteiger partial charge in [-0.1, -0.05) is 6.07 Å². The number of phenols is 1. The van der Waals surface area contributed by atoms with E-state index >= 15 is 0 Å². The second kappa shape index (κ2) is 4.89. The van der Waals surface area contributed by atoms with Crippen LogP contribution in [0.4, 0.5) is 5.69 Å². The Labute approximate surface area is 106 Å². The molecule has 92 valence electrons. The number of amides is 1. The molecular formula is C12H9NO4S. The summed E-state index contributed by atoms with van der Waals surface area (Å²) in [6.45, 7) is 0. The van der Waals surface area contributed by atoms with E-state index in [0.29, 0.717) is 10.6 Å². The van der Waals surface area contributed by atoms with Gasteiger partial charge in [-0.3, -0.25) is 4.79 Å². The molecule has 3 N–H and O–H groups in total. The number of hydrogen-bond acceptors (Lipinski definition) is 4. The van der Waals surface area contributed by atoms with Gasteiger partial charge in [0.05, 0.1) is 4.88 Å². The van der Waals surface area contributed by atoms with Crippen LogP contribution >= 0.6 is 11.3 Å². The van der Waals surface area contributed by atoms with Crippen LogP contribution < -0.4 is 5.32 Å². The summed E-state index contributed by atoms with van der Waals surface area (Å²) in [4.78, 5) is 23.1. The summed E-state index contributed by atoms with van der Waals surface area (Å²) in [6, 6.07) is 7.29. The van der Waals surface area contributed by atoms with Crippen molar-refractivity contribution in [2.75, 3.05) is 5.32 Å². The van der Waals surface area contributed by atoms with E-state index in [-0.39, 0.29) is 17.2 Å². The molecule has 1 aromatic carbocycles. The number of carboxylic acids is 1. The number of aromatic carboxylic acids is 1. The monoisotopic (exact) mass is 263 g/mol. The highest BCUT2D eigenvalue weighted by atomic mass is 32.1. The Kier molecular flexibility index (Phi) is 3.29. The van der Waals surface area contributed by atoms with Gasteiger partial charge in [-0.05, 0) is 29.6 Å². The highest BCUT2D eigenvalue weighted by molar-refractivity contribution is 7.12. The van der Waals surface area contributed by atoms with Crippen molar-refractivity contribution >= 4 is 28.9 Å². The van der Waals surface area contributed by atoms with Gasteiger partial charge in [-0.25, -0.2) is 4.79 Å². The largest absolute Gasteiger partial charge is 0.507 e. The summed E-state index contributed by atoms with van der Waals surface area (Å²) < 4.78 is 0. The Morgan fingerprint density at radius 2 is 2.00 bits per heavy atom. The van der Waals surface area contributed by atoms with Gasteiger partial charge in [-0.2, -0.15) is 0 Å². The minimum Gasteiger partial charge on any atom is -0.507 e. The van der Waals surface area contributed by atoms with E-state index < -0.39 is 5.97 Å². The van der Waals surface area contributed by atoms with E-state index in [1.807, 2.05) is 0 Å². The van der Waals surface area contributed by atoms with Crippen molar-refractivity contribution in [1.29, 1.82) is 0 Å². The first-order chi connectivity index (χ1) is 8.58. The van der Waals surface area contributed by atoms with Gasteiger partial charge in [-0.15, -0.1) is 11.3 Å². The maximum atomic E-state index is 11.7. The van der Waals surface area contributed by atoms with Crippen LogP contribution in [0.15, 0.2) is 35.7 Å². The molecule has 0 bridgehead atoms. The van der Waals surface area contributed by atoms with Gasteiger partial charge in [0.1, 0.15) is 11.3 Å². The standard InChI is InChI=1S/C12H9NO4S/c14-9-4-3-7(6-8(9)12(16)17)13-11(15)10-2-1-5-18-10/h1-6,14H,(H,13,15)(H,16,17). The first-order valence-corrected chi connectivity index (χ1v) is 5.87. The van der Waals surface area contributed by atoms with Gasteiger partial charge in [0.15, 0.2) is 0 Å². The van der Waals surface area contributed by atoms with Crippen LogP contribution in [0.25, 0.3) is 0 Å². The molecule has 0 aliphatic heterocycles. The lowest BCUT2D eigenvalue weighted by molar-refractivity contribution is 0.0693. The maximum absolute atomic E-state index is 11.7. The third-order valence-electron chi connectivity index (χ3n) is 2.23. The molecule has 1 heterocycles. The van der Waals surface area contributed by atoms with E-state index in [0.717, 1.165) is 0 Å². The summed E-state index contributed by atoms with van der Waals surface area (Å²) in [6.07, 6.45) is 0. The van der Waals surface area contributed by atoms with Crippen molar-refractivity contribution in [2.24, 2.45) is 0 Å². The second-order valence-electron chi connectivity index (χ2n) is 3.47. The summed E-state index contributed by atoms with van der Waals surface area (Å²) >= 11 is 1.29. The predicted molar refractivity (Wildman–Crippen MR) is 67.3 cm³/mol. The van der Waals surface area contributed by atoms with Crippen LogP contribution in [0.2, 0.25) is 0 Å². The molecule has 1 amide bonds. The number of nitrogens with one attached hydrogen (secondary N) is 1. The molecular weight excluding hydrogens is 254 g/mol. The van der Waals surface area contributed by atoms with Crippen LogP contribution in [-0.4, -0.2) is 22.1 Å². The summed E-state index contributed by atoms with van der Waals surface area (Å²) in [5.74, 6) is -1.90. The average Bonchev–Trinajstić information content (AvgIpc) is 2.85. The first-order valence-electron chi connectivity index (χ1n) is 4.99. The van der Waals surface area contributed by atoms with Crippen molar-refractivity contribution in [3.05, 3.63) is 46.2 Å². The molecule has 0 fully saturated rings. The van der Waals surface area contributed by atoms with Crippen LogP contribution in [0, 0.1) is 0 Å². The van der Waals surface area contributed by atoms with E-state index in [2.05, 4.69) is 5.32 Å². The Morgan fingerprint density at radius 3 is 2.61 bits per heavy atom. The van der Waals surface area contributed by atoms with Gasteiger partial charge >= 0.3 is 5.97 Å². The van der Waals surface area contributed by atoms with Gasteiger partial charge < -0.3 is 15.5 Å². The van der Waals surface area contributed by atoms with Crippen LogP contribution in [0.1, 0.15) is 20.0 Å². The Hall–Kier alpha value is -2.34. The minimum absolute atomic E-state index is 0.251. The molecule has 18 heavy (non-hydrogen) atoms. The van der Waals surface area contributed by atoms with Crippen LogP contribution in [0.3, 0.4) is 0 Å². The molecule has 2 aromatic rings. The van der Waals surface area contributed by atoms with E-state index in [4.69, 9.17) is 5.11 Å². The molecule has 0 radical (unpaired) electrons. The van der Waals surface area contributed by atoms with Gasteiger partial charge in [0.2, 0.25) is 0 Å². The quantitative estimate of drug-likeness (QED) is 0.742. The number of carbonyl (C=O) groups excluding carboxylic acids is 1. The van der Waals surface area contributed by atoms with E-state index in [1.54, 1.807) is 17.5 Å². The number of carbonyl (C=O) groups is 2. The lowest BCUT2D eigenvalue weighted by Gasteiger charge is -2.06. The summed E-state index contributed by atoms with van der Waals surface area (Å²) in [5, 5.41) is 22.5. The number of aromatic hydroxyl groups is 1. The highest BCUT2D eigenvalue weighted by Crippen LogP contribution is 2.22. The molecule has 2 rings (SSSR count). The molecule has 0 aliphatic carbocycles. The zero-order chi connectivity index (χ0) is 13.1. The maximum Gasteiger partial charge on any atom is 0.339 e. The molecule has 0 aliphatic rings. The number of rotatable bonds is 3. The Balaban J connectivity index is 2.22. The van der Waals surface area contributed by atoms with Crippen molar-refractivity contribution in [3.63, 3.8) is 0 Å². The Bertz CT molecular complexity index is 592. The lowest BCUT2D eigenvalue weighted by atomic mass is 10.2. The van der Waals surface area contributed by atoms with E-state index in [1.165, 1.54) is 29.5 Å². The fraction of sp³-hybridized carbons (Fsp3) is 0. The fourth-order valence-corrected chi connectivity index (χ4v) is 2.00. The molecule has 0 saturated carbocycles. The van der Waals surface area contributed by atoms with Crippen molar-refractivity contribution in [1.82, 2.24) is 0 Å². The number of anilines is 1. The predicted octanol–water partition coefficient (Wildman–Crippen LogP) is 2.40. The van der Waals surface area contributed by atoms with E-state index in [9.17, 15) is 14.7 Å². The molecule has 0 atom stereocenters. The molecule has 0 unspecified atom stereocenters. The average molecular weight is 263 g/mol. The molecule has 0 saturated heterocycles. The summed E-state index contributed by atoms with van der Waals surface area (Å²) in [7, 11) is 0. The van der Waals surface area contributed by atoms with Gasteiger partial charge in [0, 0.05) is 5.69 Å². The van der Waals surface area contributed by atoms with Crippen molar-refractivity contribution in [3.8, 4) is 5.75 Å². The highest BCUT2D eigenvalue weighted by Gasteiger charge is 2.12. The number of benzene rings is 1. The molecule has 5 nitrogen and oxygen atoms in total. The number of carboxylic acid groups (broad SMARTS) is 1. The third kappa shape index (κ3) is 2.49. The smallest absolute Gasteiger partial charge is 0.339 e. The summed E-state index contributed by atoms with van der Waals surface area (Å²) in [5.41, 5.74) is 0.0718. The zero-order valence-corrected chi connectivity index (χ0v) is 9.90. The zero-order valence-electron chi connectivity index (χ0n) is 9.08. The molecule has 0 spiro atoms. The first kappa shape index (κ1) is 12.1. The third-order valence-corrected chi connectivity index (χ3v) is 3.10. The van der Waals surface area contributed by atoms with Crippen molar-refractivity contribution in [2.45, 2.75) is 0 Å². The topological polar surface area (TPSA) is 86.6 Å². The minimum atomic E-state index is -1.25. The molecule has 6 heteroatoms. The van der Waals surface area contributed by atoms with Crippen LogP contribution in [0.5, 0.6) is 5.75 Å². The number of hydrogen-bond donors (Lipinski definition) is 3. The normalized spacial score (nSPS) is 10.0. The fourth-order valence-electron chi connectivity index (χ4n) is 1.39. The second-order valence-corrected chi connectivity index (χ2v) is 4.42. The van der Waals surface area contributed by atoms with Gasteiger partial charge in [0.25, 0.3) is 5.91 Å². The lowest BCUT2D eigenvalue weighted by Crippen LogP contribution is -2.10. The van der Waals surface area contributed by atoms with Crippen LogP contribution in [-0.2, 0) is 0 Å². The number of thiophene rings is 1. The van der Waals surface area contributed by atoms with Crippen molar-refractivity contribution < 1.29 is 19.8 Å².